The number of nitrogens with zero attached hydrogens (tertiary/aromatic N) is 2. The number of hydrogen-bond donors (Lipinski definition) is 1. The van der Waals surface area contributed by atoms with Crippen LogP contribution in [-0.2, 0) is 0 Å². The SMILES string of the molecule is CC(C)(C)N1CCC(F)(CN2CCC(C3CCNCC3)CC2)CC1. The summed E-state index contributed by atoms with van der Waals surface area (Å²) in [4.78, 5) is 4.86. The molecule has 1 N–H and O–H groups in total. The van der Waals surface area contributed by atoms with Gasteiger partial charge >= 0.3 is 0 Å². The Balaban J connectivity index is 1.42. The lowest BCUT2D eigenvalue weighted by atomic mass is 9.79. The first-order valence-corrected chi connectivity index (χ1v) is 10.2. The van der Waals surface area contributed by atoms with E-state index < -0.39 is 5.67 Å². The third-order valence-corrected chi connectivity index (χ3v) is 6.80. The summed E-state index contributed by atoms with van der Waals surface area (Å²) < 4.78 is 15.3. The van der Waals surface area contributed by atoms with Crippen LogP contribution in [0, 0.1) is 11.8 Å². The quantitative estimate of drug-likeness (QED) is 0.851. The number of rotatable bonds is 3. The van der Waals surface area contributed by atoms with Gasteiger partial charge in [-0.3, -0.25) is 4.90 Å². The van der Waals surface area contributed by atoms with Crippen LogP contribution >= 0.6 is 0 Å². The molecule has 3 saturated heterocycles. The summed E-state index contributed by atoms with van der Waals surface area (Å²) in [5.74, 6) is 1.81. The summed E-state index contributed by atoms with van der Waals surface area (Å²) >= 11 is 0. The van der Waals surface area contributed by atoms with E-state index >= 15 is 4.39 Å². The Kier molecular flexibility index (Phi) is 5.88. The van der Waals surface area contributed by atoms with E-state index in [4.69, 9.17) is 0 Å². The molecule has 4 heteroatoms. The summed E-state index contributed by atoms with van der Waals surface area (Å²) in [5.41, 5.74) is -0.780. The first-order chi connectivity index (χ1) is 11.4. The summed E-state index contributed by atoms with van der Waals surface area (Å²) in [6.45, 7) is 13.8. The van der Waals surface area contributed by atoms with Crippen LogP contribution in [0.1, 0.15) is 59.3 Å². The number of piperidine rings is 3. The average Bonchev–Trinajstić information content (AvgIpc) is 2.55. The Bertz CT molecular complexity index is 384. The maximum atomic E-state index is 15.3. The van der Waals surface area contributed by atoms with Gasteiger partial charge in [-0.25, -0.2) is 4.39 Å². The molecule has 0 bridgehead atoms. The van der Waals surface area contributed by atoms with Crippen LogP contribution in [0.3, 0.4) is 0 Å². The smallest absolute Gasteiger partial charge is 0.126 e. The van der Waals surface area contributed by atoms with Crippen molar-refractivity contribution in [2.75, 3.05) is 45.8 Å². The molecule has 0 amide bonds. The molecule has 0 aromatic rings. The monoisotopic (exact) mass is 339 g/mol. The lowest BCUT2D eigenvalue weighted by Crippen LogP contribution is -2.54. The van der Waals surface area contributed by atoms with Crippen molar-refractivity contribution in [2.24, 2.45) is 11.8 Å². The first-order valence-electron chi connectivity index (χ1n) is 10.2. The Morgan fingerprint density at radius 3 is 2.00 bits per heavy atom. The van der Waals surface area contributed by atoms with Gasteiger partial charge in [0.15, 0.2) is 0 Å². The van der Waals surface area contributed by atoms with Gasteiger partial charge in [0.1, 0.15) is 5.67 Å². The van der Waals surface area contributed by atoms with Crippen LogP contribution < -0.4 is 5.32 Å². The van der Waals surface area contributed by atoms with Gasteiger partial charge in [-0.2, -0.15) is 0 Å². The zero-order valence-electron chi connectivity index (χ0n) is 16.1. The molecular formula is C20H38FN3. The summed E-state index contributed by atoms with van der Waals surface area (Å²) in [7, 11) is 0. The fourth-order valence-corrected chi connectivity index (χ4v) is 5.04. The van der Waals surface area contributed by atoms with E-state index in [1.807, 2.05) is 0 Å². The molecule has 0 aromatic heterocycles. The highest BCUT2D eigenvalue weighted by Crippen LogP contribution is 2.34. The van der Waals surface area contributed by atoms with Gasteiger partial charge in [0.25, 0.3) is 0 Å². The molecular weight excluding hydrogens is 301 g/mol. The van der Waals surface area contributed by atoms with Crippen LogP contribution in [0.4, 0.5) is 4.39 Å². The standard InChI is InChI=1S/C20H38FN3/c1-19(2,3)24-14-8-20(21,9-15-24)16-23-12-6-18(7-13-23)17-4-10-22-11-5-17/h17-18,22H,4-16H2,1-3H3. The van der Waals surface area contributed by atoms with Crippen molar-refractivity contribution in [2.45, 2.75) is 70.5 Å². The normalized spacial score (nSPS) is 29.0. The van der Waals surface area contributed by atoms with Crippen molar-refractivity contribution in [3.63, 3.8) is 0 Å². The molecule has 24 heavy (non-hydrogen) atoms. The fourth-order valence-electron chi connectivity index (χ4n) is 5.04. The van der Waals surface area contributed by atoms with Crippen molar-refractivity contribution < 1.29 is 4.39 Å². The molecule has 3 nitrogen and oxygen atoms in total. The topological polar surface area (TPSA) is 18.5 Å². The molecule has 0 aliphatic carbocycles. The van der Waals surface area contributed by atoms with Crippen LogP contribution in [-0.4, -0.2) is 66.8 Å². The third-order valence-electron chi connectivity index (χ3n) is 6.80. The minimum Gasteiger partial charge on any atom is -0.317 e. The van der Waals surface area contributed by atoms with Gasteiger partial charge in [0, 0.05) is 25.2 Å². The molecule has 3 heterocycles. The Morgan fingerprint density at radius 1 is 0.917 bits per heavy atom. The lowest BCUT2D eigenvalue weighted by molar-refractivity contribution is -0.0122. The zero-order chi connectivity index (χ0) is 17.2. The van der Waals surface area contributed by atoms with E-state index in [1.165, 1.54) is 38.8 Å². The second-order valence-electron chi connectivity index (χ2n) is 9.51. The van der Waals surface area contributed by atoms with Crippen LogP contribution in [0.2, 0.25) is 0 Å². The van der Waals surface area contributed by atoms with Crippen molar-refractivity contribution in [3.8, 4) is 0 Å². The summed E-state index contributed by atoms with van der Waals surface area (Å²) in [6.07, 6.45) is 6.68. The van der Waals surface area contributed by atoms with Gasteiger partial charge in [0.05, 0.1) is 0 Å². The molecule has 0 saturated carbocycles. The maximum absolute atomic E-state index is 15.3. The van der Waals surface area contributed by atoms with Crippen LogP contribution in [0.5, 0.6) is 0 Å². The summed E-state index contributed by atoms with van der Waals surface area (Å²) in [5, 5.41) is 3.47. The second-order valence-corrected chi connectivity index (χ2v) is 9.51. The highest BCUT2D eigenvalue weighted by molar-refractivity contribution is 4.93. The molecule has 0 atom stereocenters. The predicted molar refractivity (Wildman–Crippen MR) is 99.2 cm³/mol. The Hall–Kier alpha value is -0.190. The van der Waals surface area contributed by atoms with E-state index in [0.717, 1.165) is 38.0 Å². The van der Waals surface area contributed by atoms with Gasteiger partial charge in [-0.05, 0) is 97.3 Å². The van der Waals surface area contributed by atoms with Gasteiger partial charge in [0.2, 0.25) is 0 Å². The molecule has 3 rings (SSSR count). The number of halogens is 1. The molecule has 0 unspecified atom stereocenters. The molecule has 0 radical (unpaired) electrons. The average molecular weight is 340 g/mol. The first kappa shape index (κ1) is 18.6. The predicted octanol–water partition coefficient (Wildman–Crippen LogP) is 3.30. The van der Waals surface area contributed by atoms with Gasteiger partial charge < -0.3 is 10.2 Å². The highest BCUT2D eigenvalue weighted by Gasteiger charge is 2.39. The number of hydrogen-bond acceptors (Lipinski definition) is 3. The zero-order valence-corrected chi connectivity index (χ0v) is 16.1. The van der Waals surface area contributed by atoms with Crippen molar-refractivity contribution in [1.29, 1.82) is 0 Å². The Morgan fingerprint density at radius 2 is 1.46 bits per heavy atom. The number of nitrogens with one attached hydrogen (secondary N) is 1. The maximum Gasteiger partial charge on any atom is 0.126 e. The van der Waals surface area contributed by atoms with Gasteiger partial charge in [-0.1, -0.05) is 0 Å². The van der Waals surface area contributed by atoms with Crippen molar-refractivity contribution in [3.05, 3.63) is 0 Å². The lowest BCUT2D eigenvalue weighted by Gasteiger charge is -2.45. The molecule has 3 aliphatic rings. The number of alkyl halides is 1. The third kappa shape index (κ3) is 4.70. The minimum absolute atomic E-state index is 0.175. The molecule has 3 aliphatic heterocycles. The number of likely N-dealkylation sites (tertiary alicyclic amines) is 2. The second kappa shape index (κ2) is 7.59. The van der Waals surface area contributed by atoms with E-state index in [0.29, 0.717) is 19.4 Å². The van der Waals surface area contributed by atoms with E-state index in [2.05, 4.69) is 35.9 Å². The van der Waals surface area contributed by atoms with E-state index in [9.17, 15) is 0 Å². The largest absolute Gasteiger partial charge is 0.317 e. The van der Waals surface area contributed by atoms with Crippen molar-refractivity contribution >= 4 is 0 Å². The van der Waals surface area contributed by atoms with E-state index in [-0.39, 0.29) is 5.54 Å². The molecule has 0 spiro atoms. The van der Waals surface area contributed by atoms with Crippen LogP contribution in [0.25, 0.3) is 0 Å². The fraction of sp³-hybridized carbons (Fsp3) is 1.00. The highest BCUT2D eigenvalue weighted by atomic mass is 19.1. The van der Waals surface area contributed by atoms with Gasteiger partial charge in [-0.15, -0.1) is 0 Å². The van der Waals surface area contributed by atoms with Crippen molar-refractivity contribution in [1.82, 2.24) is 15.1 Å². The Labute approximate surface area is 148 Å². The molecule has 0 aromatic carbocycles. The minimum atomic E-state index is -0.955. The van der Waals surface area contributed by atoms with Crippen LogP contribution in [0.15, 0.2) is 0 Å². The molecule has 3 fully saturated rings. The summed E-state index contributed by atoms with van der Waals surface area (Å²) in [6, 6.07) is 0. The molecule has 140 valence electrons. The van der Waals surface area contributed by atoms with E-state index in [1.54, 1.807) is 0 Å².